The molecule has 0 saturated carbocycles. The molecule has 0 bridgehead atoms. The van der Waals surface area contributed by atoms with Gasteiger partial charge in [-0.3, -0.25) is 0 Å². The minimum atomic E-state index is -2.08. The van der Waals surface area contributed by atoms with E-state index in [1.54, 1.807) is 0 Å². The number of aliphatic hydroxyl groups is 1. The molecule has 0 aliphatic heterocycles. The zero-order valence-corrected chi connectivity index (χ0v) is 34.0. The van der Waals surface area contributed by atoms with Crippen LogP contribution in [0.2, 0.25) is 22.2 Å². The molecule has 246 valence electrons. The van der Waals surface area contributed by atoms with Crippen LogP contribution in [0, 0.1) is 55.9 Å². The second-order valence-electron chi connectivity index (χ2n) is 10.2. The van der Waals surface area contributed by atoms with Crippen LogP contribution in [-0.2, 0) is 17.6 Å². The van der Waals surface area contributed by atoms with Gasteiger partial charge in [-0.15, -0.1) is 34.1 Å². The number of nitrogens with two attached hydrogens (primary N) is 2. The van der Waals surface area contributed by atoms with Gasteiger partial charge in [0.05, 0.1) is 13.2 Å². The second-order valence-corrected chi connectivity index (χ2v) is 22.7. The monoisotopic (exact) mass is 893 g/mol. The van der Waals surface area contributed by atoms with Crippen molar-refractivity contribution in [2.75, 3.05) is 13.1 Å². The van der Waals surface area contributed by atoms with Crippen LogP contribution < -0.4 is 11.5 Å². The van der Waals surface area contributed by atoms with Gasteiger partial charge in [-0.05, 0) is 33.3 Å². The van der Waals surface area contributed by atoms with Crippen LogP contribution in [0.3, 0.4) is 0 Å². The first kappa shape index (κ1) is 54.9. The number of benzene rings is 2. The third kappa shape index (κ3) is 24.4. The molecule has 0 radical (unpaired) electrons. The molecule has 0 amide bonds. The summed E-state index contributed by atoms with van der Waals surface area (Å²) in [5, 5.41) is 8.54. The van der Waals surface area contributed by atoms with Crippen molar-refractivity contribution in [3.05, 3.63) is 78.2 Å². The molecule has 2 aromatic carbocycles. The van der Waals surface area contributed by atoms with E-state index in [1.165, 1.54) is 5.56 Å². The minimum Gasteiger partial charge on any atom is -0.697 e. The molecule has 2 aromatic rings. The summed E-state index contributed by atoms with van der Waals surface area (Å²) in [5.41, 5.74) is 16.8. The maximum absolute atomic E-state index is 8.54. The molecule has 4 nitrogen and oxygen atoms in total. The van der Waals surface area contributed by atoms with Crippen LogP contribution in [0.5, 0.6) is 0 Å². The predicted molar refractivity (Wildman–Crippen MR) is 196 cm³/mol. The molecule has 43 heavy (non-hydrogen) atoms. The Bertz CT molecular complexity index is 889. The van der Waals surface area contributed by atoms with E-state index >= 15 is 0 Å². The van der Waals surface area contributed by atoms with Crippen molar-refractivity contribution < 1.29 is 40.6 Å². The molecule has 0 atom stereocenters. The van der Waals surface area contributed by atoms with E-state index in [4.69, 9.17) is 56.0 Å². The van der Waals surface area contributed by atoms with Crippen LogP contribution in [0.4, 0.5) is 0 Å². The topological polar surface area (TPSA) is 81.5 Å². The molecule has 0 aliphatic rings. The number of hydrogen-bond acceptors (Lipinski definition) is 4. The van der Waals surface area contributed by atoms with Gasteiger partial charge < -0.3 is 33.8 Å². The van der Waals surface area contributed by atoms with Crippen LogP contribution in [0.1, 0.15) is 81.4 Å². The number of halogens is 2. The number of rotatable bonds is 9. The third-order valence-corrected chi connectivity index (χ3v) is 18.8. The smallest absolute Gasteiger partial charge is 0.276 e. The van der Waals surface area contributed by atoms with Crippen molar-refractivity contribution in [1.82, 2.24) is 0 Å². The zero-order chi connectivity index (χ0) is 31.8. The Morgan fingerprint density at radius 1 is 0.744 bits per heavy atom. The van der Waals surface area contributed by atoms with Gasteiger partial charge in [0.2, 0.25) is 0 Å². The van der Waals surface area contributed by atoms with Crippen LogP contribution >= 0.6 is 22.2 Å². The van der Waals surface area contributed by atoms with Crippen molar-refractivity contribution >= 4 is 37.2 Å². The van der Waals surface area contributed by atoms with E-state index < -0.39 is 15.0 Å². The Morgan fingerprint density at radius 2 is 1.07 bits per heavy atom. The quantitative estimate of drug-likeness (QED) is 0.102. The summed E-state index contributed by atoms with van der Waals surface area (Å²) in [6.07, 6.45) is 14.8. The molecule has 0 aliphatic carbocycles. The Hall–Kier alpha value is -0.534. The molecule has 0 unspecified atom stereocenters. The Balaban J connectivity index is -0.000000113. The van der Waals surface area contributed by atoms with E-state index in [0.29, 0.717) is 41.9 Å². The molecule has 2 rings (SSSR count). The summed E-state index contributed by atoms with van der Waals surface area (Å²) in [6.45, 7) is 17.1. The molecule has 0 fully saturated rings. The SMILES string of the molecule is C.C.C#C[Si](OCc1ccccc1)(C(C)C)C(C)C.CC(C)[Si](Cl)(Cl)C(C)C.NCCN.OCc1ccccc1.[C-]#C.[U]. The van der Waals surface area contributed by atoms with Gasteiger partial charge >= 0.3 is 0 Å². The number of hydrogen-bond donors (Lipinski definition) is 3. The van der Waals surface area contributed by atoms with Gasteiger partial charge in [0.15, 0.2) is 0 Å². The normalized spacial score (nSPS) is 9.91. The van der Waals surface area contributed by atoms with E-state index in [9.17, 15) is 0 Å². The minimum absolute atomic E-state index is 0. The molecule has 0 saturated heterocycles. The molecule has 5 N–H and O–H groups in total. The predicted octanol–water partition coefficient (Wildman–Crippen LogP) is 9.43. The van der Waals surface area contributed by atoms with Gasteiger partial charge in [-0.25, -0.2) is 0 Å². The van der Waals surface area contributed by atoms with Crippen molar-refractivity contribution in [1.29, 1.82) is 0 Å². The summed E-state index contributed by atoms with van der Waals surface area (Å²) < 4.78 is 6.19. The summed E-state index contributed by atoms with van der Waals surface area (Å²) in [7, 11) is -2.08. The Labute approximate surface area is 302 Å². The van der Waals surface area contributed by atoms with Crippen LogP contribution in [0.25, 0.3) is 0 Å². The number of terminal acetylenes is 2. The molecule has 0 heterocycles. The van der Waals surface area contributed by atoms with Crippen molar-refractivity contribution in [3.63, 3.8) is 0 Å². The zero-order valence-electron chi connectivity index (χ0n) is 26.3. The van der Waals surface area contributed by atoms with Gasteiger partial charge in [-0.2, -0.15) is 0 Å². The molecular weight excluding hydrogens is 833 g/mol. The molecule has 0 aromatic heterocycles. The fraction of sp³-hybridized carbons (Fsp3) is 0.529. The van der Waals surface area contributed by atoms with Gasteiger partial charge in [0, 0.05) is 44.2 Å². The maximum Gasteiger partial charge on any atom is 0.276 e. The van der Waals surface area contributed by atoms with E-state index in [0.717, 1.165) is 5.56 Å². The summed E-state index contributed by atoms with van der Waals surface area (Å²) in [5.74, 6) is 0. The summed E-state index contributed by atoms with van der Waals surface area (Å²) in [6, 6.07) is 19.8. The fourth-order valence-corrected chi connectivity index (χ4v) is 7.89. The van der Waals surface area contributed by atoms with Crippen molar-refractivity contribution in [2.45, 2.75) is 106 Å². The molecule has 0 spiro atoms. The Morgan fingerprint density at radius 3 is 1.26 bits per heavy atom. The Kier molecular flexibility index (Phi) is 41.9. The first-order valence-corrected chi connectivity index (χ1v) is 19.9. The average Bonchev–Trinajstić information content (AvgIpc) is 2.96. The fourth-order valence-electron chi connectivity index (χ4n) is 3.40. The van der Waals surface area contributed by atoms with Crippen molar-refractivity contribution in [2.24, 2.45) is 11.5 Å². The van der Waals surface area contributed by atoms with E-state index in [1.807, 2.05) is 48.5 Å². The number of aliphatic hydroxyl groups excluding tert-OH is 1. The van der Waals surface area contributed by atoms with E-state index in [-0.39, 0.29) is 52.6 Å². The third-order valence-electron chi connectivity index (χ3n) is 5.99. The van der Waals surface area contributed by atoms with Gasteiger partial charge in [-0.1, -0.05) is 131 Å². The first-order valence-electron chi connectivity index (χ1n) is 13.6. The molecular formula is C34H61Cl2N2O2Si2U-. The van der Waals surface area contributed by atoms with Gasteiger partial charge in [0.1, 0.15) is 0 Å². The van der Waals surface area contributed by atoms with Crippen LogP contribution in [0.15, 0.2) is 60.7 Å². The summed E-state index contributed by atoms with van der Waals surface area (Å²) in [4.78, 5) is 0. The van der Waals surface area contributed by atoms with Crippen molar-refractivity contribution in [3.8, 4) is 18.4 Å². The second kappa shape index (κ2) is 32.8. The standard InChI is InChI=1S/C15H22OSi.C7H8O.C6H14Cl2Si.C2H8N2.C2H.2CH4.U/c1-6-17(13(2)3,14(4)5)16-12-15-10-8-7-9-11-15;8-6-7-4-2-1-3-5-7;1-5(2)9(7,8)6(3)4;3-1-2-4;1-2;;;/h1,7-11,13-14H,12H2,2-5H3;1-5,8H,6H2;5-6H,1-4H3;1-4H2;1H;2*1H4;/q;;;;-1;;;. The van der Waals surface area contributed by atoms with Gasteiger partial charge in [0.25, 0.3) is 15.0 Å². The average molecular weight is 895 g/mol. The largest absolute Gasteiger partial charge is 0.697 e. The first-order chi connectivity index (χ1) is 18.8. The molecule has 9 heteroatoms. The van der Waals surface area contributed by atoms with E-state index in [2.05, 4.69) is 79.5 Å². The van der Waals surface area contributed by atoms with Crippen LogP contribution in [-0.4, -0.2) is 33.2 Å². The summed E-state index contributed by atoms with van der Waals surface area (Å²) >= 11 is 12.2. The maximum atomic E-state index is 8.54.